The molecule has 1 unspecified atom stereocenters. The standard InChI is InChI=1S/C22H21N3O4/c26-22(17-7-9-19(10-8-17)25(27)28)23-14-20(21-6-3-13-29-21)24-12-11-16-4-1-2-5-18(16)15-24/h1-10,13,20H,11-12,14-15H2,(H,23,26)/p+1/t20-/m1/s1. The molecule has 0 spiro atoms. The second-order valence-corrected chi connectivity index (χ2v) is 7.19. The van der Waals surface area contributed by atoms with Crippen LogP contribution in [0.4, 0.5) is 5.69 Å². The SMILES string of the molecule is O=C(NC[C@H](c1ccco1)[NH+]1CCc2ccccc2C1)c1ccc([N+](=O)[O-])cc1. The Labute approximate surface area is 168 Å². The number of quaternary nitrogens is 1. The monoisotopic (exact) mass is 392 g/mol. The number of carbonyl (C=O) groups is 1. The Morgan fingerprint density at radius 3 is 2.55 bits per heavy atom. The average molecular weight is 392 g/mol. The smallest absolute Gasteiger partial charge is 0.269 e. The van der Waals surface area contributed by atoms with Gasteiger partial charge in [0.15, 0.2) is 11.8 Å². The number of nitro benzene ring substituents is 1. The van der Waals surface area contributed by atoms with Crippen LogP contribution in [-0.4, -0.2) is 23.9 Å². The highest BCUT2D eigenvalue weighted by molar-refractivity contribution is 5.94. The summed E-state index contributed by atoms with van der Waals surface area (Å²) in [7, 11) is 0. The van der Waals surface area contributed by atoms with E-state index < -0.39 is 4.92 Å². The molecule has 148 valence electrons. The Kier molecular flexibility index (Phi) is 5.39. The van der Waals surface area contributed by atoms with Crippen molar-refractivity contribution in [2.45, 2.75) is 19.0 Å². The van der Waals surface area contributed by atoms with Gasteiger partial charge in [0, 0.05) is 29.7 Å². The number of hydrogen-bond acceptors (Lipinski definition) is 4. The van der Waals surface area contributed by atoms with Crippen molar-refractivity contribution in [2.75, 3.05) is 13.1 Å². The fourth-order valence-corrected chi connectivity index (χ4v) is 3.87. The Balaban J connectivity index is 1.47. The summed E-state index contributed by atoms with van der Waals surface area (Å²) in [6.07, 6.45) is 2.64. The average Bonchev–Trinajstić information content (AvgIpc) is 3.28. The Bertz CT molecular complexity index is 999. The highest BCUT2D eigenvalue weighted by Gasteiger charge is 2.30. The lowest BCUT2D eigenvalue weighted by Gasteiger charge is -2.31. The largest absolute Gasteiger partial charge is 0.463 e. The fraction of sp³-hybridized carbons (Fsp3) is 0.227. The van der Waals surface area contributed by atoms with Crippen LogP contribution >= 0.6 is 0 Å². The number of non-ortho nitro benzene ring substituents is 1. The maximum Gasteiger partial charge on any atom is 0.269 e. The number of nitrogens with one attached hydrogen (secondary N) is 2. The summed E-state index contributed by atoms with van der Waals surface area (Å²) in [4.78, 5) is 24.2. The van der Waals surface area contributed by atoms with Gasteiger partial charge < -0.3 is 14.6 Å². The second-order valence-electron chi connectivity index (χ2n) is 7.19. The number of amides is 1. The zero-order valence-electron chi connectivity index (χ0n) is 15.8. The van der Waals surface area contributed by atoms with E-state index in [1.165, 1.54) is 40.3 Å². The molecule has 2 heterocycles. The molecule has 0 saturated carbocycles. The van der Waals surface area contributed by atoms with Crippen molar-refractivity contribution >= 4 is 11.6 Å². The molecule has 0 bridgehead atoms. The van der Waals surface area contributed by atoms with E-state index in [0.29, 0.717) is 12.1 Å². The Hall–Kier alpha value is -3.45. The first-order chi connectivity index (χ1) is 14.1. The summed E-state index contributed by atoms with van der Waals surface area (Å²) in [5.41, 5.74) is 3.07. The van der Waals surface area contributed by atoms with Crippen LogP contribution in [0.3, 0.4) is 0 Å². The quantitative estimate of drug-likeness (QED) is 0.498. The van der Waals surface area contributed by atoms with Crippen LogP contribution in [0.5, 0.6) is 0 Å². The number of furan rings is 1. The van der Waals surface area contributed by atoms with Gasteiger partial charge in [0.05, 0.1) is 24.3 Å². The molecule has 0 fully saturated rings. The van der Waals surface area contributed by atoms with Crippen LogP contribution in [0.2, 0.25) is 0 Å². The van der Waals surface area contributed by atoms with Crippen molar-refractivity contribution in [2.24, 2.45) is 0 Å². The summed E-state index contributed by atoms with van der Waals surface area (Å²) in [5, 5.41) is 13.8. The summed E-state index contributed by atoms with van der Waals surface area (Å²) < 4.78 is 5.67. The number of hydrogen-bond donors (Lipinski definition) is 2. The van der Waals surface area contributed by atoms with Crippen molar-refractivity contribution in [3.63, 3.8) is 0 Å². The first kappa shape index (κ1) is 18.9. The van der Waals surface area contributed by atoms with Gasteiger partial charge in [-0.25, -0.2) is 0 Å². The van der Waals surface area contributed by atoms with Crippen molar-refractivity contribution in [1.29, 1.82) is 0 Å². The van der Waals surface area contributed by atoms with Gasteiger partial charge in [-0.2, -0.15) is 0 Å². The van der Waals surface area contributed by atoms with Crippen LogP contribution < -0.4 is 10.2 Å². The zero-order chi connectivity index (χ0) is 20.2. The van der Waals surface area contributed by atoms with E-state index in [0.717, 1.165) is 25.3 Å². The molecule has 4 rings (SSSR count). The molecule has 29 heavy (non-hydrogen) atoms. The van der Waals surface area contributed by atoms with E-state index in [1.54, 1.807) is 6.26 Å². The Morgan fingerprint density at radius 1 is 1.10 bits per heavy atom. The van der Waals surface area contributed by atoms with Crippen LogP contribution in [-0.2, 0) is 13.0 Å². The van der Waals surface area contributed by atoms with Gasteiger partial charge in [-0.15, -0.1) is 0 Å². The van der Waals surface area contributed by atoms with Gasteiger partial charge >= 0.3 is 0 Å². The maximum atomic E-state index is 12.6. The van der Waals surface area contributed by atoms with Gasteiger partial charge in [-0.3, -0.25) is 14.9 Å². The van der Waals surface area contributed by atoms with E-state index in [9.17, 15) is 14.9 Å². The number of rotatable bonds is 6. The van der Waals surface area contributed by atoms with E-state index in [1.807, 2.05) is 12.1 Å². The number of nitrogens with zero attached hydrogens (tertiary/aromatic N) is 1. The highest BCUT2D eigenvalue weighted by Crippen LogP contribution is 2.16. The first-order valence-corrected chi connectivity index (χ1v) is 9.59. The van der Waals surface area contributed by atoms with Crippen molar-refractivity contribution in [1.82, 2.24) is 5.32 Å². The molecule has 1 aliphatic heterocycles. The summed E-state index contributed by atoms with van der Waals surface area (Å²) in [6.45, 7) is 2.24. The molecule has 2 atom stereocenters. The number of carbonyl (C=O) groups excluding carboxylic acids is 1. The second kappa shape index (κ2) is 8.28. The van der Waals surface area contributed by atoms with Gasteiger partial charge in [0.25, 0.3) is 11.6 Å². The third kappa shape index (κ3) is 4.20. The highest BCUT2D eigenvalue weighted by atomic mass is 16.6. The zero-order valence-corrected chi connectivity index (χ0v) is 15.8. The lowest BCUT2D eigenvalue weighted by atomic mass is 9.98. The molecule has 0 saturated heterocycles. The third-order valence-corrected chi connectivity index (χ3v) is 5.44. The van der Waals surface area contributed by atoms with Crippen LogP contribution in [0, 0.1) is 10.1 Å². The van der Waals surface area contributed by atoms with Crippen LogP contribution in [0.25, 0.3) is 0 Å². The molecule has 7 nitrogen and oxygen atoms in total. The minimum absolute atomic E-state index is 0.0136. The third-order valence-electron chi connectivity index (χ3n) is 5.44. The lowest BCUT2D eigenvalue weighted by Crippen LogP contribution is -3.12. The molecule has 1 aliphatic rings. The molecular weight excluding hydrogens is 370 g/mol. The van der Waals surface area contributed by atoms with Crippen molar-refractivity contribution < 1.29 is 19.0 Å². The predicted octanol–water partition coefficient (Wildman–Crippen LogP) is 2.30. The number of benzene rings is 2. The molecule has 1 aromatic heterocycles. The van der Waals surface area contributed by atoms with E-state index in [4.69, 9.17) is 4.42 Å². The number of nitro groups is 1. The number of fused-ring (bicyclic) bond motifs is 1. The topological polar surface area (TPSA) is 89.8 Å². The summed E-state index contributed by atoms with van der Waals surface area (Å²) in [5.74, 6) is 0.580. The van der Waals surface area contributed by atoms with E-state index in [2.05, 4.69) is 29.6 Å². The van der Waals surface area contributed by atoms with Gasteiger partial charge in [-0.1, -0.05) is 24.3 Å². The molecular formula is C22H22N3O4+. The summed E-state index contributed by atoms with van der Waals surface area (Å²) >= 11 is 0. The first-order valence-electron chi connectivity index (χ1n) is 9.59. The molecule has 7 heteroatoms. The minimum Gasteiger partial charge on any atom is -0.463 e. The fourth-order valence-electron chi connectivity index (χ4n) is 3.87. The Morgan fingerprint density at radius 2 is 1.86 bits per heavy atom. The minimum atomic E-state index is -0.480. The van der Waals surface area contributed by atoms with Crippen LogP contribution in [0.15, 0.2) is 71.3 Å². The predicted molar refractivity (Wildman–Crippen MR) is 107 cm³/mol. The van der Waals surface area contributed by atoms with Gasteiger partial charge in [0.1, 0.15) is 6.54 Å². The van der Waals surface area contributed by atoms with Crippen LogP contribution in [0.1, 0.15) is 33.3 Å². The normalized spacial score (nSPS) is 16.6. The van der Waals surface area contributed by atoms with Crippen molar-refractivity contribution in [3.05, 3.63) is 99.5 Å². The van der Waals surface area contributed by atoms with Gasteiger partial charge in [0.2, 0.25) is 0 Å². The maximum absolute atomic E-state index is 12.6. The molecule has 0 aliphatic carbocycles. The molecule has 3 aromatic rings. The molecule has 1 amide bonds. The van der Waals surface area contributed by atoms with Gasteiger partial charge in [-0.05, 0) is 29.8 Å². The van der Waals surface area contributed by atoms with Crippen molar-refractivity contribution in [3.8, 4) is 0 Å². The molecule has 0 radical (unpaired) electrons. The van der Waals surface area contributed by atoms with E-state index in [-0.39, 0.29) is 17.6 Å². The molecule has 2 N–H and O–H groups in total. The lowest BCUT2D eigenvalue weighted by molar-refractivity contribution is -0.946. The summed E-state index contributed by atoms with van der Waals surface area (Å²) in [6, 6.07) is 17.9. The molecule has 2 aromatic carbocycles. The van der Waals surface area contributed by atoms with E-state index >= 15 is 0 Å².